The molecule has 3 nitrogen and oxygen atoms in total. The van der Waals surface area contributed by atoms with Gasteiger partial charge in [0.2, 0.25) is 5.75 Å². The van der Waals surface area contributed by atoms with Crippen molar-refractivity contribution in [3.8, 4) is 11.5 Å². The number of ether oxygens (including phenoxy) is 1. The van der Waals surface area contributed by atoms with Gasteiger partial charge in [-0.3, -0.25) is 0 Å². The number of aromatic nitrogens is 1. The maximum Gasteiger partial charge on any atom is 0.269 e. The average molecular weight is 193 g/mol. The molecule has 1 heterocycles. The number of rotatable bonds is 2. The van der Waals surface area contributed by atoms with Crippen molar-refractivity contribution in [3.05, 3.63) is 17.7 Å². The Morgan fingerprint density at radius 3 is 2.62 bits per heavy atom. The van der Waals surface area contributed by atoms with Gasteiger partial charge >= 0.3 is 0 Å². The van der Waals surface area contributed by atoms with Gasteiger partial charge in [0.15, 0.2) is 5.75 Å². The third-order valence-electron chi connectivity index (χ3n) is 1.43. The van der Waals surface area contributed by atoms with Crippen molar-refractivity contribution >= 4 is 0 Å². The molecule has 1 N–H and O–H groups in total. The SMILES string of the molecule is COc1c(C(F)F)cnc(F)c1O. The van der Waals surface area contributed by atoms with E-state index in [-0.39, 0.29) is 0 Å². The van der Waals surface area contributed by atoms with Gasteiger partial charge in [-0.05, 0) is 0 Å². The number of aromatic hydroxyl groups is 1. The van der Waals surface area contributed by atoms with Gasteiger partial charge in [-0.2, -0.15) is 4.39 Å². The fourth-order valence-corrected chi connectivity index (χ4v) is 0.846. The highest BCUT2D eigenvalue weighted by molar-refractivity contribution is 5.44. The molecule has 1 aromatic heterocycles. The second-order valence-corrected chi connectivity index (χ2v) is 2.19. The van der Waals surface area contributed by atoms with Gasteiger partial charge in [-0.25, -0.2) is 13.8 Å². The highest BCUT2D eigenvalue weighted by Crippen LogP contribution is 2.36. The molecule has 0 spiro atoms. The van der Waals surface area contributed by atoms with Crippen molar-refractivity contribution in [3.63, 3.8) is 0 Å². The molecule has 1 aromatic rings. The molecule has 6 heteroatoms. The summed E-state index contributed by atoms with van der Waals surface area (Å²) in [5.74, 6) is -2.82. The van der Waals surface area contributed by atoms with Crippen LogP contribution in [0.25, 0.3) is 0 Å². The summed E-state index contributed by atoms with van der Waals surface area (Å²) in [6.07, 6.45) is -2.24. The van der Waals surface area contributed by atoms with Crippen LogP contribution in [0.1, 0.15) is 12.0 Å². The van der Waals surface area contributed by atoms with E-state index in [9.17, 15) is 13.2 Å². The quantitative estimate of drug-likeness (QED) is 0.729. The molecule has 0 saturated carbocycles. The molecule has 1 rings (SSSR count). The van der Waals surface area contributed by atoms with Gasteiger partial charge in [0.25, 0.3) is 12.4 Å². The Morgan fingerprint density at radius 2 is 2.15 bits per heavy atom. The molecule has 0 aromatic carbocycles. The van der Waals surface area contributed by atoms with Crippen LogP contribution in [0.4, 0.5) is 13.2 Å². The van der Waals surface area contributed by atoms with Crippen LogP contribution in [-0.4, -0.2) is 17.2 Å². The molecule has 0 saturated heterocycles. The summed E-state index contributed by atoms with van der Waals surface area (Å²) in [6.45, 7) is 0. The van der Waals surface area contributed by atoms with Crippen molar-refractivity contribution in [2.75, 3.05) is 7.11 Å². The first-order valence-electron chi connectivity index (χ1n) is 3.27. The molecule has 72 valence electrons. The number of halogens is 3. The molecule has 0 amide bonds. The maximum atomic E-state index is 12.5. The predicted octanol–water partition coefficient (Wildman–Crippen LogP) is 1.87. The summed E-state index contributed by atoms with van der Waals surface area (Å²) in [5, 5.41) is 8.93. The molecule has 0 aliphatic rings. The Hall–Kier alpha value is -1.46. The zero-order valence-electron chi connectivity index (χ0n) is 6.59. The molecule has 13 heavy (non-hydrogen) atoms. The molecular formula is C7H6F3NO2. The van der Waals surface area contributed by atoms with Crippen molar-refractivity contribution in [2.45, 2.75) is 6.43 Å². The fourth-order valence-electron chi connectivity index (χ4n) is 0.846. The van der Waals surface area contributed by atoms with E-state index in [2.05, 4.69) is 9.72 Å². The van der Waals surface area contributed by atoms with Crippen molar-refractivity contribution in [1.29, 1.82) is 0 Å². The summed E-state index contributed by atoms with van der Waals surface area (Å²) in [5.41, 5.74) is -0.638. The van der Waals surface area contributed by atoms with Crippen LogP contribution in [-0.2, 0) is 0 Å². The number of hydrogen-bond donors (Lipinski definition) is 1. The van der Waals surface area contributed by atoms with E-state index in [1.54, 1.807) is 0 Å². The van der Waals surface area contributed by atoms with Gasteiger partial charge in [-0.15, -0.1) is 0 Å². The Bertz CT molecular complexity index is 317. The monoisotopic (exact) mass is 193 g/mol. The summed E-state index contributed by atoms with van der Waals surface area (Å²) in [6, 6.07) is 0. The lowest BCUT2D eigenvalue weighted by atomic mass is 10.2. The first kappa shape index (κ1) is 9.63. The Labute approximate surface area is 71.8 Å². The number of alkyl halides is 2. The lowest BCUT2D eigenvalue weighted by Crippen LogP contribution is -1.97. The second-order valence-electron chi connectivity index (χ2n) is 2.19. The van der Waals surface area contributed by atoms with E-state index < -0.39 is 29.4 Å². The molecule has 0 fully saturated rings. The lowest BCUT2D eigenvalue weighted by Gasteiger charge is -2.08. The van der Waals surface area contributed by atoms with Crippen LogP contribution in [0.5, 0.6) is 11.5 Å². The molecule has 0 unspecified atom stereocenters. The number of pyridine rings is 1. The van der Waals surface area contributed by atoms with Gasteiger partial charge in [-0.1, -0.05) is 0 Å². The van der Waals surface area contributed by atoms with Crippen LogP contribution < -0.4 is 4.74 Å². The highest BCUT2D eigenvalue weighted by atomic mass is 19.3. The van der Waals surface area contributed by atoms with Crippen molar-refractivity contribution in [1.82, 2.24) is 4.98 Å². The number of nitrogens with zero attached hydrogens (tertiary/aromatic N) is 1. The van der Waals surface area contributed by atoms with E-state index >= 15 is 0 Å². The Balaban J connectivity index is 3.30. The minimum absolute atomic E-state index is 0.581. The van der Waals surface area contributed by atoms with E-state index in [0.717, 1.165) is 7.11 Å². The normalized spacial score (nSPS) is 10.5. The third kappa shape index (κ3) is 1.66. The molecule has 0 radical (unpaired) electrons. The van der Waals surface area contributed by atoms with Crippen molar-refractivity contribution < 1.29 is 23.0 Å². The molecule has 0 atom stereocenters. The topological polar surface area (TPSA) is 42.4 Å². The van der Waals surface area contributed by atoms with Gasteiger partial charge in [0.05, 0.1) is 12.7 Å². The summed E-state index contributed by atoms with van der Waals surface area (Å²) in [7, 11) is 1.06. The molecular weight excluding hydrogens is 187 g/mol. The average Bonchev–Trinajstić information content (AvgIpc) is 2.09. The van der Waals surface area contributed by atoms with Crippen LogP contribution in [0.2, 0.25) is 0 Å². The zero-order chi connectivity index (χ0) is 10.0. The van der Waals surface area contributed by atoms with Crippen LogP contribution in [0.3, 0.4) is 0 Å². The minimum atomic E-state index is -2.87. The Kier molecular flexibility index (Phi) is 2.60. The molecule has 0 aliphatic heterocycles. The fraction of sp³-hybridized carbons (Fsp3) is 0.286. The molecule has 0 bridgehead atoms. The second kappa shape index (κ2) is 3.51. The van der Waals surface area contributed by atoms with E-state index in [1.807, 2.05) is 0 Å². The first-order chi connectivity index (χ1) is 6.07. The largest absolute Gasteiger partial charge is 0.501 e. The maximum absolute atomic E-state index is 12.5. The smallest absolute Gasteiger partial charge is 0.269 e. The highest BCUT2D eigenvalue weighted by Gasteiger charge is 2.20. The van der Waals surface area contributed by atoms with Crippen LogP contribution in [0.15, 0.2) is 6.20 Å². The third-order valence-corrected chi connectivity index (χ3v) is 1.43. The predicted molar refractivity (Wildman–Crippen MR) is 37.4 cm³/mol. The number of hydrogen-bond acceptors (Lipinski definition) is 3. The summed E-state index contributed by atoms with van der Waals surface area (Å²) < 4.78 is 41.3. The van der Waals surface area contributed by atoms with E-state index in [0.29, 0.717) is 6.20 Å². The van der Waals surface area contributed by atoms with Gasteiger partial charge in [0.1, 0.15) is 0 Å². The van der Waals surface area contributed by atoms with Crippen LogP contribution in [0, 0.1) is 5.95 Å². The summed E-state index contributed by atoms with van der Waals surface area (Å²) >= 11 is 0. The van der Waals surface area contributed by atoms with Crippen LogP contribution >= 0.6 is 0 Å². The zero-order valence-corrected chi connectivity index (χ0v) is 6.59. The van der Waals surface area contributed by atoms with E-state index in [1.165, 1.54) is 0 Å². The van der Waals surface area contributed by atoms with E-state index in [4.69, 9.17) is 5.11 Å². The van der Waals surface area contributed by atoms with Crippen molar-refractivity contribution in [2.24, 2.45) is 0 Å². The first-order valence-corrected chi connectivity index (χ1v) is 3.27. The minimum Gasteiger partial charge on any atom is -0.501 e. The summed E-state index contributed by atoms with van der Waals surface area (Å²) in [4.78, 5) is 2.93. The van der Waals surface area contributed by atoms with Gasteiger partial charge < -0.3 is 9.84 Å². The van der Waals surface area contributed by atoms with Gasteiger partial charge in [0, 0.05) is 6.20 Å². The standard InChI is InChI=1S/C7H6F3NO2/c1-13-5-3(6(8)9)2-11-7(10)4(5)12/h2,6,12H,1H3. The number of methoxy groups -OCH3 is 1. The molecule has 0 aliphatic carbocycles. The Morgan fingerprint density at radius 1 is 1.54 bits per heavy atom. The lowest BCUT2D eigenvalue weighted by molar-refractivity contribution is 0.145.